The van der Waals surface area contributed by atoms with E-state index in [9.17, 15) is 4.79 Å². The minimum atomic E-state index is -0.332. The number of ether oxygens (including phenoxy) is 2. The third-order valence-electron chi connectivity index (χ3n) is 3.49. The van der Waals surface area contributed by atoms with Crippen LogP contribution in [0.15, 0.2) is 0 Å². The molecule has 0 N–H and O–H groups in total. The number of β-lactam (4-membered cyclic amide) rings is 1. The van der Waals surface area contributed by atoms with E-state index in [-0.39, 0.29) is 18.1 Å². The van der Waals surface area contributed by atoms with E-state index < -0.39 is 0 Å². The number of carbonyl (C=O) groups excluding carboxylic acids is 1. The molecule has 16 heavy (non-hydrogen) atoms. The Morgan fingerprint density at radius 2 is 2.00 bits per heavy atom. The third-order valence-corrected chi connectivity index (χ3v) is 3.49. The van der Waals surface area contributed by atoms with E-state index >= 15 is 0 Å². The number of carbonyl (C=O) groups is 1. The minimum absolute atomic E-state index is 0.0554. The van der Waals surface area contributed by atoms with Crippen molar-refractivity contribution in [2.75, 3.05) is 19.8 Å². The van der Waals surface area contributed by atoms with Gasteiger partial charge >= 0.3 is 0 Å². The molecule has 0 aromatic carbocycles. The maximum atomic E-state index is 12.0. The molecule has 2 aliphatic heterocycles. The average Bonchev–Trinajstić information content (AvgIpc) is 2.29. The van der Waals surface area contributed by atoms with Crippen molar-refractivity contribution in [1.82, 2.24) is 4.90 Å². The monoisotopic (exact) mass is 227 g/mol. The molecule has 0 radical (unpaired) electrons. The summed E-state index contributed by atoms with van der Waals surface area (Å²) in [5.74, 6) is 0.164. The van der Waals surface area contributed by atoms with Crippen LogP contribution < -0.4 is 0 Å². The summed E-state index contributed by atoms with van der Waals surface area (Å²) in [6.07, 6.45) is 3.13. The Kier molecular flexibility index (Phi) is 3.82. The van der Waals surface area contributed by atoms with E-state index in [1.54, 1.807) is 0 Å². The van der Waals surface area contributed by atoms with E-state index in [1.807, 2.05) is 18.7 Å². The first kappa shape index (κ1) is 11.9. The standard InChI is InChI=1S/C12H21NO3/c1-3-15-12(16-4-2)10-9-7-5-6-8-13(9)11(10)14/h9-10,12H,3-8H2,1-2H3/t9-,10-/m0/s1. The van der Waals surface area contributed by atoms with Gasteiger partial charge in [-0.15, -0.1) is 0 Å². The highest BCUT2D eigenvalue weighted by molar-refractivity contribution is 5.86. The summed E-state index contributed by atoms with van der Waals surface area (Å²) >= 11 is 0. The molecule has 0 aromatic rings. The van der Waals surface area contributed by atoms with Crippen molar-refractivity contribution in [3.63, 3.8) is 0 Å². The summed E-state index contributed by atoms with van der Waals surface area (Å²) in [4.78, 5) is 13.9. The molecule has 2 aliphatic rings. The molecule has 92 valence electrons. The second-order valence-electron chi connectivity index (χ2n) is 4.40. The van der Waals surface area contributed by atoms with E-state index in [4.69, 9.17) is 9.47 Å². The van der Waals surface area contributed by atoms with Crippen molar-refractivity contribution in [2.45, 2.75) is 45.4 Å². The smallest absolute Gasteiger partial charge is 0.233 e. The Hall–Kier alpha value is -0.610. The molecule has 0 saturated carbocycles. The van der Waals surface area contributed by atoms with E-state index in [0.29, 0.717) is 19.3 Å². The zero-order chi connectivity index (χ0) is 11.5. The second kappa shape index (κ2) is 5.15. The van der Waals surface area contributed by atoms with Crippen molar-refractivity contribution >= 4 is 5.91 Å². The van der Waals surface area contributed by atoms with Crippen LogP contribution in [0.1, 0.15) is 33.1 Å². The number of fused-ring (bicyclic) bond motifs is 1. The van der Waals surface area contributed by atoms with Gasteiger partial charge in [-0.05, 0) is 33.1 Å². The summed E-state index contributed by atoms with van der Waals surface area (Å²) < 4.78 is 11.1. The number of rotatable bonds is 5. The fourth-order valence-electron chi connectivity index (χ4n) is 2.76. The summed E-state index contributed by atoms with van der Waals surface area (Å²) in [6.45, 7) is 5.99. The van der Waals surface area contributed by atoms with Crippen LogP contribution in [0.4, 0.5) is 0 Å². The van der Waals surface area contributed by atoms with Gasteiger partial charge in [0, 0.05) is 25.8 Å². The van der Waals surface area contributed by atoms with Crippen molar-refractivity contribution in [3.05, 3.63) is 0 Å². The quantitative estimate of drug-likeness (QED) is 0.526. The molecule has 1 amide bonds. The lowest BCUT2D eigenvalue weighted by Gasteiger charge is -2.51. The fourth-order valence-corrected chi connectivity index (χ4v) is 2.76. The molecule has 2 fully saturated rings. The van der Waals surface area contributed by atoms with Crippen molar-refractivity contribution in [1.29, 1.82) is 0 Å². The van der Waals surface area contributed by atoms with E-state index in [1.165, 1.54) is 6.42 Å². The topological polar surface area (TPSA) is 38.8 Å². The van der Waals surface area contributed by atoms with Gasteiger partial charge in [0.1, 0.15) is 5.92 Å². The SMILES string of the molecule is CCOC(OCC)[C@@H]1C(=O)N2CCCC[C@@H]12. The first-order valence-corrected chi connectivity index (χ1v) is 6.33. The largest absolute Gasteiger partial charge is 0.352 e. The van der Waals surface area contributed by atoms with Gasteiger partial charge in [0.05, 0.1) is 0 Å². The van der Waals surface area contributed by atoms with Gasteiger partial charge in [0.15, 0.2) is 6.29 Å². The molecule has 0 aliphatic carbocycles. The lowest BCUT2D eigenvalue weighted by atomic mass is 9.80. The minimum Gasteiger partial charge on any atom is -0.352 e. The molecular formula is C12H21NO3. The van der Waals surface area contributed by atoms with Crippen LogP contribution in [0.3, 0.4) is 0 Å². The number of piperidine rings is 1. The normalized spacial score (nSPS) is 29.2. The number of hydrogen-bond donors (Lipinski definition) is 0. The molecule has 0 aromatic heterocycles. The number of hydrogen-bond acceptors (Lipinski definition) is 3. The summed E-state index contributed by atoms with van der Waals surface area (Å²) in [5, 5.41) is 0. The highest BCUT2D eigenvalue weighted by Gasteiger charge is 2.52. The fraction of sp³-hybridized carbons (Fsp3) is 0.917. The van der Waals surface area contributed by atoms with Crippen LogP contribution >= 0.6 is 0 Å². The Balaban J connectivity index is 1.98. The van der Waals surface area contributed by atoms with Gasteiger partial charge in [0.25, 0.3) is 0 Å². The van der Waals surface area contributed by atoms with E-state index in [0.717, 1.165) is 19.4 Å². The lowest BCUT2D eigenvalue weighted by Crippen LogP contribution is -2.66. The van der Waals surface area contributed by atoms with Crippen LogP contribution in [-0.4, -0.2) is 42.9 Å². The zero-order valence-corrected chi connectivity index (χ0v) is 10.1. The van der Waals surface area contributed by atoms with Gasteiger partial charge in [-0.25, -0.2) is 0 Å². The number of amides is 1. The van der Waals surface area contributed by atoms with Gasteiger partial charge in [-0.2, -0.15) is 0 Å². The van der Waals surface area contributed by atoms with Crippen LogP contribution in [-0.2, 0) is 14.3 Å². The van der Waals surface area contributed by atoms with Crippen LogP contribution in [0.25, 0.3) is 0 Å². The van der Waals surface area contributed by atoms with Gasteiger partial charge in [-0.3, -0.25) is 4.79 Å². The zero-order valence-electron chi connectivity index (χ0n) is 10.1. The Morgan fingerprint density at radius 3 is 2.62 bits per heavy atom. The van der Waals surface area contributed by atoms with Gasteiger partial charge in [0.2, 0.25) is 5.91 Å². The average molecular weight is 227 g/mol. The van der Waals surface area contributed by atoms with Crippen molar-refractivity contribution in [3.8, 4) is 0 Å². The van der Waals surface area contributed by atoms with Crippen LogP contribution in [0, 0.1) is 5.92 Å². The summed E-state index contributed by atoms with van der Waals surface area (Å²) in [7, 11) is 0. The molecule has 4 heteroatoms. The Bertz CT molecular complexity index is 251. The predicted molar refractivity (Wildman–Crippen MR) is 59.9 cm³/mol. The molecule has 2 heterocycles. The summed E-state index contributed by atoms with van der Waals surface area (Å²) in [5.41, 5.74) is 0. The molecule has 0 spiro atoms. The molecular weight excluding hydrogens is 206 g/mol. The first-order chi connectivity index (χ1) is 7.79. The highest BCUT2D eigenvalue weighted by Crippen LogP contribution is 2.37. The maximum Gasteiger partial charge on any atom is 0.233 e. The van der Waals surface area contributed by atoms with Crippen molar-refractivity contribution in [2.24, 2.45) is 5.92 Å². The molecule has 2 rings (SSSR count). The molecule has 0 unspecified atom stereocenters. The van der Waals surface area contributed by atoms with E-state index in [2.05, 4.69) is 0 Å². The molecule has 2 saturated heterocycles. The molecule has 4 nitrogen and oxygen atoms in total. The highest BCUT2D eigenvalue weighted by atomic mass is 16.7. The predicted octanol–water partition coefficient (Wildman–Crippen LogP) is 1.40. The lowest BCUT2D eigenvalue weighted by molar-refractivity contribution is -0.217. The van der Waals surface area contributed by atoms with Crippen molar-refractivity contribution < 1.29 is 14.3 Å². The molecule has 0 bridgehead atoms. The first-order valence-electron chi connectivity index (χ1n) is 6.33. The summed E-state index contributed by atoms with van der Waals surface area (Å²) in [6, 6.07) is 0.365. The maximum absolute atomic E-state index is 12.0. The van der Waals surface area contributed by atoms with Gasteiger partial charge in [-0.1, -0.05) is 0 Å². The van der Waals surface area contributed by atoms with Gasteiger partial charge < -0.3 is 14.4 Å². The van der Waals surface area contributed by atoms with Crippen LogP contribution in [0.5, 0.6) is 0 Å². The second-order valence-corrected chi connectivity index (χ2v) is 4.40. The third kappa shape index (κ3) is 1.96. The Labute approximate surface area is 96.9 Å². The Morgan fingerprint density at radius 1 is 1.31 bits per heavy atom. The van der Waals surface area contributed by atoms with Crippen LogP contribution in [0.2, 0.25) is 0 Å². The number of nitrogens with zero attached hydrogens (tertiary/aromatic N) is 1. The molecule has 2 atom stereocenters.